The lowest BCUT2D eigenvalue weighted by molar-refractivity contribution is -0.000191. The van der Waals surface area contributed by atoms with Gasteiger partial charge in [-0.3, -0.25) is 0 Å². The van der Waals surface area contributed by atoms with E-state index in [0.29, 0.717) is 12.1 Å². The molecular weight excluding hydrogens is 176 g/mol. The Labute approximate surface area is 86.1 Å². The van der Waals surface area contributed by atoms with Gasteiger partial charge in [0.05, 0.1) is 5.60 Å². The molecule has 3 nitrogen and oxygen atoms in total. The Morgan fingerprint density at radius 2 is 1.86 bits per heavy atom. The van der Waals surface area contributed by atoms with Crippen LogP contribution in [0.25, 0.3) is 0 Å². The van der Waals surface area contributed by atoms with Crippen LogP contribution >= 0.6 is 0 Å². The standard InChI is InChI=1S/C11H22N2O/c12-9-6-10(7-9)13-8-11(14)4-2-1-3-5-11/h9-10,13-14H,1-8,12H2. The van der Waals surface area contributed by atoms with E-state index in [2.05, 4.69) is 5.32 Å². The molecule has 3 heteroatoms. The molecule has 0 radical (unpaired) electrons. The minimum Gasteiger partial charge on any atom is -0.389 e. The average Bonchev–Trinajstić information content (AvgIpc) is 2.12. The second-order valence-electron chi connectivity index (χ2n) is 5.09. The summed E-state index contributed by atoms with van der Waals surface area (Å²) in [5.74, 6) is 0. The molecule has 2 aliphatic rings. The predicted octanol–water partition coefficient (Wildman–Crippen LogP) is 0.761. The summed E-state index contributed by atoms with van der Waals surface area (Å²) in [6, 6.07) is 0.962. The van der Waals surface area contributed by atoms with E-state index in [1.165, 1.54) is 19.3 Å². The molecule has 2 rings (SSSR count). The van der Waals surface area contributed by atoms with Crippen LogP contribution in [0, 0.1) is 0 Å². The molecule has 0 spiro atoms. The topological polar surface area (TPSA) is 58.3 Å². The number of nitrogens with two attached hydrogens (primary N) is 1. The van der Waals surface area contributed by atoms with Gasteiger partial charge in [0.25, 0.3) is 0 Å². The Morgan fingerprint density at radius 3 is 2.43 bits per heavy atom. The first kappa shape index (κ1) is 10.4. The van der Waals surface area contributed by atoms with Gasteiger partial charge in [-0.05, 0) is 25.7 Å². The molecule has 0 aromatic carbocycles. The van der Waals surface area contributed by atoms with Crippen LogP contribution in [-0.2, 0) is 0 Å². The van der Waals surface area contributed by atoms with Crippen LogP contribution in [-0.4, -0.2) is 29.3 Å². The lowest BCUT2D eigenvalue weighted by Gasteiger charge is -2.38. The average molecular weight is 198 g/mol. The molecule has 82 valence electrons. The fraction of sp³-hybridized carbons (Fsp3) is 1.00. The van der Waals surface area contributed by atoms with E-state index >= 15 is 0 Å². The van der Waals surface area contributed by atoms with E-state index in [4.69, 9.17) is 5.73 Å². The molecule has 0 amide bonds. The van der Waals surface area contributed by atoms with E-state index in [-0.39, 0.29) is 0 Å². The largest absolute Gasteiger partial charge is 0.389 e. The molecule has 0 bridgehead atoms. The van der Waals surface area contributed by atoms with Gasteiger partial charge in [0.1, 0.15) is 0 Å². The van der Waals surface area contributed by atoms with Gasteiger partial charge in [-0.1, -0.05) is 19.3 Å². The summed E-state index contributed by atoms with van der Waals surface area (Å²) < 4.78 is 0. The molecule has 0 saturated heterocycles. The second-order valence-corrected chi connectivity index (χ2v) is 5.09. The van der Waals surface area contributed by atoms with Crippen molar-refractivity contribution in [2.45, 2.75) is 62.6 Å². The van der Waals surface area contributed by atoms with Crippen molar-refractivity contribution in [1.29, 1.82) is 0 Å². The van der Waals surface area contributed by atoms with Crippen molar-refractivity contribution < 1.29 is 5.11 Å². The molecule has 2 aliphatic carbocycles. The van der Waals surface area contributed by atoms with Crippen molar-refractivity contribution in [1.82, 2.24) is 5.32 Å². The van der Waals surface area contributed by atoms with E-state index < -0.39 is 5.60 Å². The maximum atomic E-state index is 10.2. The summed E-state index contributed by atoms with van der Waals surface area (Å²) in [5.41, 5.74) is 5.29. The zero-order chi connectivity index (χ0) is 10.0. The van der Waals surface area contributed by atoms with Gasteiger partial charge in [0, 0.05) is 18.6 Å². The molecule has 0 aromatic rings. The first-order chi connectivity index (χ1) is 6.68. The summed E-state index contributed by atoms with van der Waals surface area (Å²) >= 11 is 0. The summed E-state index contributed by atoms with van der Waals surface area (Å²) in [6.07, 6.45) is 7.76. The maximum absolute atomic E-state index is 10.2. The van der Waals surface area contributed by atoms with Gasteiger partial charge in [-0.2, -0.15) is 0 Å². The van der Waals surface area contributed by atoms with Crippen molar-refractivity contribution in [3.05, 3.63) is 0 Å². The van der Waals surface area contributed by atoms with Crippen LogP contribution in [0.2, 0.25) is 0 Å². The van der Waals surface area contributed by atoms with Gasteiger partial charge < -0.3 is 16.2 Å². The van der Waals surface area contributed by atoms with E-state index in [9.17, 15) is 5.11 Å². The minimum absolute atomic E-state index is 0.397. The third-order valence-electron chi connectivity index (χ3n) is 3.68. The minimum atomic E-state index is -0.419. The molecule has 0 atom stereocenters. The molecule has 0 aliphatic heterocycles. The van der Waals surface area contributed by atoms with Crippen molar-refractivity contribution in [2.75, 3.05) is 6.54 Å². The third-order valence-corrected chi connectivity index (χ3v) is 3.68. The number of hydrogen-bond acceptors (Lipinski definition) is 3. The quantitative estimate of drug-likeness (QED) is 0.627. The second kappa shape index (κ2) is 4.17. The molecular formula is C11H22N2O. The van der Waals surface area contributed by atoms with Gasteiger partial charge >= 0.3 is 0 Å². The summed E-state index contributed by atoms with van der Waals surface area (Å²) in [5, 5.41) is 13.6. The fourth-order valence-electron chi connectivity index (χ4n) is 2.55. The van der Waals surface area contributed by atoms with Crippen molar-refractivity contribution in [3.8, 4) is 0 Å². The highest BCUT2D eigenvalue weighted by atomic mass is 16.3. The van der Waals surface area contributed by atoms with Crippen molar-refractivity contribution in [3.63, 3.8) is 0 Å². The Bertz CT molecular complexity index is 184. The normalized spacial score (nSPS) is 36.4. The lowest BCUT2D eigenvalue weighted by Crippen LogP contribution is -2.53. The van der Waals surface area contributed by atoms with Gasteiger partial charge in [-0.25, -0.2) is 0 Å². The van der Waals surface area contributed by atoms with Gasteiger partial charge in [-0.15, -0.1) is 0 Å². The predicted molar refractivity (Wildman–Crippen MR) is 57.0 cm³/mol. The fourth-order valence-corrected chi connectivity index (χ4v) is 2.55. The van der Waals surface area contributed by atoms with Gasteiger partial charge in [0.2, 0.25) is 0 Å². The first-order valence-corrected chi connectivity index (χ1v) is 5.89. The van der Waals surface area contributed by atoms with Crippen LogP contribution < -0.4 is 11.1 Å². The molecule has 0 heterocycles. The Kier molecular flexibility index (Phi) is 3.10. The van der Waals surface area contributed by atoms with Crippen LogP contribution in [0.1, 0.15) is 44.9 Å². The van der Waals surface area contributed by atoms with E-state index in [1.54, 1.807) is 0 Å². The zero-order valence-corrected chi connectivity index (χ0v) is 8.84. The Morgan fingerprint density at radius 1 is 1.21 bits per heavy atom. The molecule has 14 heavy (non-hydrogen) atoms. The Hall–Kier alpha value is -0.120. The molecule has 2 fully saturated rings. The number of nitrogens with one attached hydrogen (secondary N) is 1. The summed E-state index contributed by atoms with van der Waals surface area (Å²) in [7, 11) is 0. The van der Waals surface area contributed by atoms with Crippen LogP contribution in [0.4, 0.5) is 0 Å². The maximum Gasteiger partial charge on any atom is 0.0771 e. The van der Waals surface area contributed by atoms with Crippen LogP contribution in [0.3, 0.4) is 0 Å². The SMILES string of the molecule is NC1CC(NCC2(O)CCCCC2)C1. The number of rotatable bonds is 3. The van der Waals surface area contributed by atoms with E-state index in [0.717, 1.165) is 32.2 Å². The zero-order valence-electron chi connectivity index (χ0n) is 8.84. The number of hydrogen-bond donors (Lipinski definition) is 3. The molecule has 2 saturated carbocycles. The Balaban J connectivity index is 1.68. The first-order valence-electron chi connectivity index (χ1n) is 5.89. The third kappa shape index (κ3) is 2.47. The molecule has 0 unspecified atom stereocenters. The smallest absolute Gasteiger partial charge is 0.0771 e. The highest BCUT2D eigenvalue weighted by molar-refractivity contribution is 4.91. The van der Waals surface area contributed by atoms with E-state index in [1.807, 2.05) is 0 Å². The summed E-state index contributed by atoms with van der Waals surface area (Å²) in [6.45, 7) is 0.768. The van der Waals surface area contributed by atoms with Crippen LogP contribution in [0.5, 0.6) is 0 Å². The summed E-state index contributed by atoms with van der Waals surface area (Å²) in [4.78, 5) is 0. The van der Waals surface area contributed by atoms with Crippen molar-refractivity contribution >= 4 is 0 Å². The molecule has 4 N–H and O–H groups in total. The van der Waals surface area contributed by atoms with Gasteiger partial charge in [0.15, 0.2) is 0 Å². The monoisotopic (exact) mass is 198 g/mol. The highest BCUT2D eigenvalue weighted by Crippen LogP contribution is 2.28. The highest BCUT2D eigenvalue weighted by Gasteiger charge is 2.32. The van der Waals surface area contributed by atoms with Crippen molar-refractivity contribution in [2.24, 2.45) is 5.73 Å². The number of aliphatic hydroxyl groups is 1. The van der Waals surface area contributed by atoms with Crippen LogP contribution in [0.15, 0.2) is 0 Å². The molecule has 0 aromatic heterocycles. The lowest BCUT2D eigenvalue weighted by atomic mass is 9.83.